The summed E-state index contributed by atoms with van der Waals surface area (Å²) >= 11 is 0. The molecule has 22 heavy (non-hydrogen) atoms. The molecule has 1 amide bonds. The van der Waals surface area contributed by atoms with E-state index in [-0.39, 0.29) is 11.4 Å². The van der Waals surface area contributed by atoms with Crippen LogP contribution in [0.4, 0.5) is 11.4 Å². The first-order chi connectivity index (χ1) is 10.2. The number of carbonyl (C=O) groups excluding carboxylic acids is 3. The van der Waals surface area contributed by atoms with E-state index >= 15 is 0 Å². The summed E-state index contributed by atoms with van der Waals surface area (Å²) in [6.45, 7) is 3.56. The number of hydrogen-bond acceptors (Lipinski definition) is 7. The monoisotopic (exact) mass is 310 g/mol. The van der Waals surface area contributed by atoms with Gasteiger partial charge in [0, 0.05) is 19.4 Å². The van der Waals surface area contributed by atoms with Gasteiger partial charge in [-0.2, -0.15) is 0 Å². The fourth-order valence-corrected chi connectivity index (χ4v) is 1.63. The van der Waals surface area contributed by atoms with Crippen molar-refractivity contribution in [1.29, 1.82) is 0 Å². The molecule has 1 aromatic carbocycles. The molecule has 0 aliphatic heterocycles. The van der Waals surface area contributed by atoms with Crippen LogP contribution in [0.5, 0.6) is 0 Å². The molecule has 0 fully saturated rings. The molecule has 0 aliphatic rings. The lowest BCUT2D eigenvalue weighted by atomic mass is 10.1. The number of esters is 2. The number of carbonyl (C=O) groups is 3. The number of amides is 1. The maximum atomic E-state index is 12.0. The molecule has 0 aliphatic carbocycles. The van der Waals surface area contributed by atoms with E-state index in [1.165, 1.54) is 25.1 Å². The predicted molar refractivity (Wildman–Crippen MR) is 73.8 cm³/mol. The first-order valence-electron chi connectivity index (χ1n) is 6.11. The molecule has 0 radical (unpaired) electrons. The molecule has 1 N–H and O–H groups in total. The van der Waals surface area contributed by atoms with E-state index in [2.05, 4.69) is 14.8 Å². The molecule has 0 unspecified atom stereocenters. The number of rotatable bonds is 5. The van der Waals surface area contributed by atoms with Gasteiger partial charge < -0.3 is 14.8 Å². The van der Waals surface area contributed by atoms with Crippen LogP contribution in [0.1, 0.15) is 19.4 Å². The van der Waals surface area contributed by atoms with Gasteiger partial charge in [-0.05, 0) is 13.0 Å². The molecule has 0 atom stereocenters. The summed E-state index contributed by atoms with van der Waals surface area (Å²) in [6, 6.07) is 4.32. The minimum atomic E-state index is -1.82. The number of nitrogens with zero attached hydrogens (tertiary/aromatic N) is 1. The van der Waals surface area contributed by atoms with E-state index in [0.29, 0.717) is 5.56 Å². The SMILES string of the molecule is CC(=O)OC(OC(C)=O)C(=O)Nc1cccc(C)c1[N+](=O)[O-]. The van der Waals surface area contributed by atoms with Crippen molar-refractivity contribution in [2.75, 3.05) is 5.32 Å². The molecular weight excluding hydrogens is 296 g/mol. The van der Waals surface area contributed by atoms with Crippen molar-refractivity contribution < 1.29 is 28.8 Å². The molecule has 9 heteroatoms. The third-order valence-corrected chi connectivity index (χ3v) is 2.44. The van der Waals surface area contributed by atoms with Crippen LogP contribution < -0.4 is 5.32 Å². The summed E-state index contributed by atoms with van der Waals surface area (Å²) < 4.78 is 9.12. The Morgan fingerprint density at radius 2 is 1.73 bits per heavy atom. The van der Waals surface area contributed by atoms with E-state index in [0.717, 1.165) is 13.8 Å². The molecular formula is C13H14N2O7. The van der Waals surface area contributed by atoms with E-state index in [4.69, 9.17) is 0 Å². The molecule has 0 saturated heterocycles. The fourth-order valence-electron chi connectivity index (χ4n) is 1.63. The summed E-state index contributed by atoms with van der Waals surface area (Å²) in [7, 11) is 0. The summed E-state index contributed by atoms with van der Waals surface area (Å²) in [5.74, 6) is -2.71. The lowest BCUT2D eigenvalue weighted by Crippen LogP contribution is -2.35. The van der Waals surface area contributed by atoms with E-state index in [9.17, 15) is 24.5 Å². The van der Waals surface area contributed by atoms with Crippen molar-refractivity contribution >= 4 is 29.2 Å². The minimum Gasteiger partial charge on any atom is -0.416 e. The van der Waals surface area contributed by atoms with Gasteiger partial charge in [-0.3, -0.25) is 24.5 Å². The number of hydrogen-bond donors (Lipinski definition) is 1. The second-order valence-electron chi connectivity index (χ2n) is 4.27. The molecule has 0 heterocycles. The Morgan fingerprint density at radius 3 is 2.18 bits per heavy atom. The summed E-state index contributed by atoms with van der Waals surface area (Å²) in [6.07, 6.45) is -1.82. The third kappa shape index (κ3) is 4.54. The Balaban J connectivity index is 3.03. The highest BCUT2D eigenvalue weighted by Crippen LogP contribution is 2.28. The zero-order valence-electron chi connectivity index (χ0n) is 12.1. The highest BCUT2D eigenvalue weighted by molar-refractivity contribution is 5.97. The van der Waals surface area contributed by atoms with Crippen molar-refractivity contribution in [2.45, 2.75) is 27.1 Å². The van der Waals surface area contributed by atoms with Crippen LogP contribution in [-0.4, -0.2) is 29.1 Å². The highest BCUT2D eigenvalue weighted by Gasteiger charge is 2.27. The van der Waals surface area contributed by atoms with Gasteiger partial charge in [0.25, 0.3) is 5.69 Å². The molecule has 0 bridgehead atoms. The van der Waals surface area contributed by atoms with Crippen LogP contribution in [0.2, 0.25) is 0 Å². The van der Waals surface area contributed by atoms with Crippen LogP contribution in [0.15, 0.2) is 18.2 Å². The topological polar surface area (TPSA) is 125 Å². The lowest BCUT2D eigenvalue weighted by Gasteiger charge is -2.16. The summed E-state index contributed by atoms with van der Waals surface area (Å²) in [5.41, 5.74) is -0.0705. The normalized spacial score (nSPS) is 10.0. The Hall–Kier alpha value is -2.97. The zero-order chi connectivity index (χ0) is 16.9. The number of anilines is 1. The molecule has 118 valence electrons. The van der Waals surface area contributed by atoms with Gasteiger partial charge in [-0.1, -0.05) is 12.1 Å². The maximum Gasteiger partial charge on any atom is 0.326 e. The van der Waals surface area contributed by atoms with Crippen LogP contribution in [0.3, 0.4) is 0 Å². The standard InChI is InChI=1S/C13H14N2O7/c1-7-5-4-6-10(11(7)15(19)20)14-12(18)13(21-8(2)16)22-9(3)17/h4-6,13H,1-3H3,(H,14,18). The number of nitro benzene ring substituents is 1. The molecule has 0 saturated carbocycles. The Bertz CT molecular complexity index is 611. The second-order valence-corrected chi connectivity index (χ2v) is 4.27. The van der Waals surface area contributed by atoms with Crippen molar-refractivity contribution in [3.8, 4) is 0 Å². The van der Waals surface area contributed by atoms with Crippen molar-refractivity contribution in [3.05, 3.63) is 33.9 Å². The lowest BCUT2D eigenvalue weighted by molar-refractivity contribution is -0.384. The fraction of sp³-hybridized carbons (Fsp3) is 0.308. The third-order valence-electron chi connectivity index (χ3n) is 2.44. The molecule has 1 rings (SSSR count). The zero-order valence-corrected chi connectivity index (χ0v) is 12.1. The van der Waals surface area contributed by atoms with Gasteiger partial charge >= 0.3 is 24.1 Å². The number of benzene rings is 1. The minimum absolute atomic E-state index is 0.0979. The van der Waals surface area contributed by atoms with E-state index < -0.39 is 29.1 Å². The maximum absolute atomic E-state index is 12.0. The summed E-state index contributed by atoms with van der Waals surface area (Å²) in [4.78, 5) is 44.2. The van der Waals surface area contributed by atoms with Crippen molar-refractivity contribution in [3.63, 3.8) is 0 Å². The van der Waals surface area contributed by atoms with Gasteiger partial charge in [0.1, 0.15) is 5.69 Å². The van der Waals surface area contributed by atoms with Gasteiger partial charge in [-0.25, -0.2) is 0 Å². The average Bonchev–Trinajstić information content (AvgIpc) is 2.36. The number of aryl methyl sites for hydroxylation is 1. The van der Waals surface area contributed by atoms with E-state index in [1.807, 2.05) is 0 Å². The first-order valence-corrected chi connectivity index (χ1v) is 6.11. The van der Waals surface area contributed by atoms with E-state index in [1.54, 1.807) is 0 Å². The molecule has 0 aromatic heterocycles. The summed E-state index contributed by atoms with van der Waals surface area (Å²) in [5, 5.41) is 13.2. The average molecular weight is 310 g/mol. The predicted octanol–water partition coefficient (Wildman–Crippen LogP) is 1.29. The number of nitro groups is 1. The van der Waals surface area contributed by atoms with Gasteiger partial charge in [0.05, 0.1) is 4.92 Å². The van der Waals surface area contributed by atoms with Gasteiger partial charge in [0.2, 0.25) is 0 Å². The Kier molecular flexibility index (Phi) is 5.56. The van der Waals surface area contributed by atoms with Crippen LogP contribution in [0.25, 0.3) is 0 Å². The number of nitrogens with one attached hydrogen (secondary N) is 1. The number of para-hydroxylation sites is 1. The number of ether oxygens (including phenoxy) is 2. The largest absolute Gasteiger partial charge is 0.416 e. The molecule has 1 aromatic rings. The van der Waals surface area contributed by atoms with Crippen LogP contribution in [-0.2, 0) is 23.9 Å². The molecule has 0 spiro atoms. The Labute approximate surface area is 125 Å². The first kappa shape index (κ1) is 17.1. The van der Waals surface area contributed by atoms with Crippen LogP contribution >= 0.6 is 0 Å². The van der Waals surface area contributed by atoms with Crippen LogP contribution in [0, 0.1) is 17.0 Å². The highest BCUT2D eigenvalue weighted by atomic mass is 16.7. The quantitative estimate of drug-likeness (QED) is 0.376. The second kappa shape index (κ2) is 7.16. The smallest absolute Gasteiger partial charge is 0.326 e. The Morgan fingerprint density at radius 1 is 1.18 bits per heavy atom. The molecule has 9 nitrogen and oxygen atoms in total. The van der Waals surface area contributed by atoms with Crippen molar-refractivity contribution in [2.24, 2.45) is 0 Å². The van der Waals surface area contributed by atoms with Gasteiger partial charge in [0.15, 0.2) is 0 Å². The van der Waals surface area contributed by atoms with Crippen molar-refractivity contribution in [1.82, 2.24) is 0 Å². The van der Waals surface area contributed by atoms with Gasteiger partial charge in [-0.15, -0.1) is 0 Å².